The number of thiocarbonyl (C=S) groups is 1. The second-order valence-electron chi connectivity index (χ2n) is 4.16. The zero-order valence-electron chi connectivity index (χ0n) is 9.70. The third-order valence-corrected chi connectivity index (χ3v) is 3.39. The van der Waals surface area contributed by atoms with E-state index in [-0.39, 0.29) is 16.9 Å². The third kappa shape index (κ3) is 2.73. The maximum Gasteiger partial charge on any atom is 0.242 e. The summed E-state index contributed by atoms with van der Waals surface area (Å²) in [7, 11) is 0. The lowest BCUT2D eigenvalue weighted by molar-refractivity contribution is -0.123. The number of carbonyl (C=O) groups is 1. The molecule has 4 N–H and O–H groups in total. The standard InChI is InChI=1S/C12H14ClN3OS/c13-7-3-1-4-8(10(7)11(14)18)16-9-5-2-6-15-12(9)17/h1,3-4,9,16H,2,5-6H2,(H2,14,18)(H,15,17). The molecule has 0 aromatic heterocycles. The minimum Gasteiger partial charge on any atom is -0.389 e. The number of anilines is 1. The van der Waals surface area contributed by atoms with E-state index >= 15 is 0 Å². The number of hydrogen-bond acceptors (Lipinski definition) is 3. The smallest absolute Gasteiger partial charge is 0.242 e. The molecule has 2 rings (SSSR count). The summed E-state index contributed by atoms with van der Waals surface area (Å²) in [4.78, 5) is 11.9. The maximum absolute atomic E-state index is 11.7. The van der Waals surface area contributed by atoms with Crippen LogP contribution in [-0.4, -0.2) is 23.5 Å². The molecule has 1 aliphatic rings. The summed E-state index contributed by atoms with van der Waals surface area (Å²) < 4.78 is 0. The van der Waals surface area contributed by atoms with Crippen LogP contribution in [0.2, 0.25) is 5.02 Å². The largest absolute Gasteiger partial charge is 0.389 e. The summed E-state index contributed by atoms with van der Waals surface area (Å²) in [6.45, 7) is 0.731. The third-order valence-electron chi connectivity index (χ3n) is 2.88. The molecule has 1 unspecified atom stereocenters. The fourth-order valence-electron chi connectivity index (χ4n) is 1.99. The minimum atomic E-state index is -0.259. The van der Waals surface area contributed by atoms with E-state index in [0.717, 1.165) is 19.4 Å². The van der Waals surface area contributed by atoms with Crippen molar-refractivity contribution in [3.05, 3.63) is 28.8 Å². The fraction of sp³-hybridized carbons (Fsp3) is 0.333. The SMILES string of the molecule is NC(=S)c1c(Cl)cccc1NC1CCCNC1=O. The van der Waals surface area contributed by atoms with Gasteiger partial charge in [0.25, 0.3) is 0 Å². The van der Waals surface area contributed by atoms with E-state index in [1.54, 1.807) is 12.1 Å². The monoisotopic (exact) mass is 283 g/mol. The van der Waals surface area contributed by atoms with Crippen LogP contribution < -0.4 is 16.4 Å². The second-order valence-corrected chi connectivity index (χ2v) is 5.00. The van der Waals surface area contributed by atoms with E-state index in [1.807, 2.05) is 6.07 Å². The van der Waals surface area contributed by atoms with Crippen LogP contribution in [0.25, 0.3) is 0 Å². The summed E-state index contributed by atoms with van der Waals surface area (Å²) in [5.74, 6) is -0.00452. The van der Waals surface area contributed by atoms with E-state index in [4.69, 9.17) is 29.6 Å². The number of benzene rings is 1. The Morgan fingerprint density at radius 3 is 3.00 bits per heavy atom. The molecule has 18 heavy (non-hydrogen) atoms. The Hall–Kier alpha value is -1.33. The molecular formula is C12H14ClN3OS. The molecule has 96 valence electrons. The molecule has 1 aromatic rings. The van der Waals surface area contributed by atoms with Crippen LogP contribution in [0.3, 0.4) is 0 Å². The molecule has 6 heteroatoms. The number of carbonyl (C=O) groups excluding carboxylic acids is 1. The van der Waals surface area contributed by atoms with E-state index in [2.05, 4.69) is 10.6 Å². The van der Waals surface area contributed by atoms with Gasteiger partial charge in [0, 0.05) is 12.2 Å². The van der Waals surface area contributed by atoms with Crippen LogP contribution in [-0.2, 0) is 4.79 Å². The summed E-state index contributed by atoms with van der Waals surface area (Å²) in [5.41, 5.74) is 6.96. The molecule has 0 spiro atoms. The molecule has 0 bridgehead atoms. The first-order valence-electron chi connectivity index (χ1n) is 5.72. The van der Waals surface area contributed by atoms with Crippen molar-refractivity contribution >= 4 is 40.4 Å². The van der Waals surface area contributed by atoms with Gasteiger partial charge in [-0.2, -0.15) is 0 Å². The number of hydrogen-bond donors (Lipinski definition) is 3. The Morgan fingerprint density at radius 1 is 1.56 bits per heavy atom. The van der Waals surface area contributed by atoms with E-state index in [9.17, 15) is 4.79 Å². The quantitative estimate of drug-likeness (QED) is 0.738. The van der Waals surface area contributed by atoms with E-state index < -0.39 is 0 Å². The lowest BCUT2D eigenvalue weighted by atomic mass is 10.1. The average molecular weight is 284 g/mol. The van der Waals surface area contributed by atoms with Crippen LogP contribution in [0.15, 0.2) is 18.2 Å². The van der Waals surface area contributed by atoms with Crippen LogP contribution in [0.1, 0.15) is 18.4 Å². The summed E-state index contributed by atoms with van der Waals surface area (Å²) in [5, 5.41) is 6.46. The molecule has 1 atom stereocenters. The van der Waals surface area contributed by atoms with Gasteiger partial charge in [0.2, 0.25) is 5.91 Å². The van der Waals surface area contributed by atoms with Crippen LogP contribution in [0.5, 0.6) is 0 Å². The fourth-order valence-corrected chi connectivity index (χ4v) is 2.54. The highest BCUT2D eigenvalue weighted by atomic mass is 35.5. The topological polar surface area (TPSA) is 67.2 Å². The van der Waals surface area contributed by atoms with E-state index in [0.29, 0.717) is 16.3 Å². The minimum absolute atomic E-state index is 0.00452. The number of halogens is 1. The number of piperidine rings is 1. The molecule has 1 amide bonds. The maximum atomic E-state index is 11.7. The Kier molecular flexibility index (Phi) is 4.04. The molecule has 0 aliphatic carbocycles. The Labute approximate surface area is 116 Å². The van der Waals surface area contributed by atoms with Crippen molar-refractivity contribution in [1.29, 1.82) is 0 Å². The summed E-state index contributed by atoms with van der Waals surface area (Å²) in [6, 6.07) is 5.09. The van der Waals surface area contributed by atoms with Gasteiger partial charge in [0.1, 0.15) is 11.0 Å². The van der Waals surface area contributed by atoms with Gasteiger partial charge in [-0.3, -0.25) is 4.79 Å². The molecule has 1 fully saturated rings. The molecule has 1 heterocycles. The highest BCUT2D eigenvalue weighted by molar-refractivity contribution is 7.80. The van der Waals surface area contributed by atoms with Crippen LogP contribution >= 0.6 is 23.8 Å². The normalized spacial score (nSPS) is 19.2. The highest BCUT2D eigenvalue weighted by Crippen LogP contribution is 2.25. The van der Waals surface area contributed by atoms with Gasteiger partial charge in [0.15, 0.2) is 0 Å². The first kappa shape index (κ1) is 13.1. The average Bonchev–Trinajstić information content (AvgIpc) is 2.31. The van der Waals surface area contributed by atoms with Crippen molar-refractivity contribution in [3.63, 3.8) is 0 Å². The van der Waals surface area contributed by atoms with Crippen molar-refractivity contribution in [2.75, 3.05) is 11.9 Å². The van der Waals surface area contributed by atoms with E-state index in [1.165, 1.54) is 0 Å². The second kappa shape index (κ2) is 5.54. The highest BCUT2D eigenvalue weighted by Gasteiger charge is 2.23. The number of nitrogens with two attached hydrogens (primary N) is 1. The first-order chi connectivity index (χ1) is 8.59. The van der Waals surface area contributed by atoms with Gasteiger partial charge in [-0.05, 0) is 25.0 Å². The van der Waals surface area contributed by atoms with Crippen molar-refractivity contribution in [1.82, 2.24) is 5.32 Å². The Balaban J connectivity index is 2.25. The van der Waals surface area contributed by atoms with Gasteiger partial charge in [-0.15, -0.1) is 0 Å². The Bertz CT molecular complexity index is 492. The van der Waals surface area contributed by atoms with Gasteiger partial charge in [0.05, 0.1) is 10.6 Å². The van der Waals surface area contributed by atoms with Crippen molar-refractivity contribution < 1.29 is 4.79 Å². The Morgan fingerprint density at radius 2 is 2.33 bits per heavy atom. The number of amides is 1. The number of rotatable bonds is 3. The zero-order valence-corrected chi connectivity index (χ0v) is 11.3. The van der Waals surface area contributed by atoms with Gasteiger partial charge in [-0.1, -0.05) is 29.9 Å². The molecule has 1 aliphatic heterocycles. The molecular weight excluding hydrogens is 270 g/mol. The summed E-state index contributed by atoms with van der Waals surface area (Å²) >= 11 is 11.1. The van der Waals surface area contributed by atoms with Gasteiger partial charge >= 0.3 is 0 Å². The molecule has 1 saturated heterocycles. The molecule has 4 nitrogen and oxygen atoms in total. The molecule has 0 saturated carbocycles. The van der Waals surface area contributed by atoms with Gasteiger partial charge in [-0.25, -0.2) is 0 Å². The molecule has 0 radical (unpaired) electrons. The lowest BCUT2D eigenvalue weighted by Gasteiger charge is -2.25. The number of nitrogens with one attached hydrogen (secondary N) is 2. The lowest BCUT2D eigenvalue weighted by Crippen LogP contribution is -2.44. The predicted octanol–water partition coefficient (Wildman–Crippen LogP) is 1.66. The zero-order chi connectivity index (χ0) is 13.1. The van der Waals surface area contributed by atoms with Crippen molar-refractivity contribution in [2.24, 2.45) is 5.73 Å². The van der Waals surface area contributed by atoms with Gasteiger partial charge < -0.3 is 16.4 Å². The van der Waals surface area contributed by atoms with Crippen molar-refractivity contribution in [3.8, 4) is 0 Å². The summed E-state index contributed by atoms with van der Waals surface area (Å²) in [6.07, 6.45) is 1.74. The van der Waals surface area contributed by atoms with Crippen molar-refractivity contribution in [2.45, 2.75) is 18.9 Å². The van der Waals surface area contributed by atoms with Crippen LogP contribution in [0, 0.1) is 0 Å². The predicted molar refractivity (Wildman–Crippen MR) is 77.0 cm³/mol. The molecule has 1 aromatic carbocycles. The van der Waals surface area contributed by atoms with Crippen LogP contribution in [0.4, 0.5) is 5.69 Å². The first-order valence-corrected chi connectivity index (χ1v) is 6.51.